The van der Waals surface area contributed by atoms with Gasteiger partial charge in [-0.1, -0.05) is 12.1 Å². The van der Waals surface area contributed by atoms with Crippen LogP contribution in [0.5, 0.6) is 5.75 Å². The van der Waals surface area contributed by atoms with Crippen LogP contribution in [0.2, 0.25) is 0 Å². The van der Waals surface area contributed by atoms with Crippen molar-refractivity contribution in [2.24, 2.45) is 0 Å². The molecule has 2 aromatic carbocycles. The van der Waals surface area contributed by atoms with Gasteiger partial charge in [0.25, 0.3) is 0 Å². The second-order valence-corrected chi connectivity index (χ2v) is 5.30. The van der Waals surface area contributed by atoms with E-state index in [9.17, 15) is 13.9 Å². The molecule has 0 spiro atoms. The molecule has 0 radical (unpaired) electrons. The Labute approximate surface area is 131 Å². The Hall–Kier alpha value is -2.40. The fourth-order valence-electron chi connectivity index (χ4n) is 2.52. The van der Waals surface area contributed by atoms with Crippen LogP contribution >= 0.6 is 0 Å². The zero-order chi connectivity index (χ0) is 16.6. The maximum absolute atomic E-state index is 14.5. The van der Waals surface area contributed by atoms with Crippen LogP contribution in [-0.2, 0) is 0 Å². The molecule has 0 aliphatic heterocycles. The Morgan fingerprint density at radius 1 is 1.17 bits per heavy atom. The Morgan fingerprint density at radius 2 is 1.83 bits per heavy atom. The number of aliphatic hydroxyl groups excluding tert-OH is 1. The number of aliphatic hydroxyl groups is 1. The molecule has 3 aromatic rings. The molecule has 0 amide bonds. The topological polar surface area (TPSA) is 42.6 Å². The van der Waals surface area contributed by atoms with E-state index in [1.54, 1.807) is 18.2 Å². The Balaban J connectivity index is 2.16. The van der Waals surface area contributed by atoms with Crippen LogP contribution in [0.3, 0.4) is 0 Å². The van der Waals surface area contributed by atoms with E-state index >= 15 is 0 Å². The molecule has 0 saturated heterocycles. The Morgan fingerprint density at radius 3 is 2.48 bits per heavy atom. The normalized spacial score (nSPS) is 12.7. The van der Waals surface area contributed by atoms with Gasteiger partial charge in [0.15, 0.2) is 22.7 Å². The first kappa shape index (κ1) is 15.5. The van der Waals surface area contributed by atoms with Gasteiger partial charge in [-0.3, -0.25) is 0 Å². The van der Waals surface area contributed by atoms with Gasteiger partial charge >= 0.3 is 0 Å². The minimum Gasteiger partial charge on any atom is -0.490 e. The fourth-order valence-corrected chi connectivity index (χ4v) is 2.52. The molecule has 1 aromatic heterocycles. The van der Waals surface area contributed by atoms with Gasteiger partial charge in [0, 0.05) is 16.3 Å². The number of hydrogen-bond donors (Lipinski definition) is 1. The van der Waals surface area contributed by atoms with Gasteiger partial charge < -0.3 is 14.3 Å². The van der Waals surface area contributed by atoms with Crippen LogP contribution in [0.4, 0.5) is 8.78 Å². The van der Waals surface area contributed by atoms with Crippen molar-refractivity contribution in [2.75, 3.05) is 6.61 Å². The Kier molecular flexibility index (Phi) is 4.05. The van der Waals surface area contributed by atoms with Crippen LogP contribution in [0.25, 0.3) is 21.9 Å². The summed E-state index contributed by atoms with van der Waals surface area (Å²) in [5.74, 6) is -1.29. The quantitative estimate of drug-likeness (QED) is 0.539. The molecule has 0 saturated carbocycles. The van der Waals surface area contributed by atoms with Crippen molar-refractivity contribution < 1.29 is 23.0 Å². The average molecular weight is 318 g/mol. The van der Waals surface area contributed by atoms with Crippen molar-refractivity contribution in [1.82, 2.24) is 0 Å². The van der Waals surface area contributed by atoms with Gasteiger partial charge in [-0.05, 0) is 31.5 Å². The first-order valence-corrected chi connectivity index (χ1v) is 7.29. The maximum atomic E-state index is 14.5. The summed E-state index contributed by atoms with van der Waals surface area (Å²) in [6.45, 7) is 5.33. The summed E-state index contributed by atoms with van der Waals surface area (Å²) in [7, 11) is 0. The van der Waals surface area contributed by atoms with Crippen LogP contribution in [0.1, 0.15) is 25.0 Å². The smallest absolute Gasteiger partial charge is 0.208 e. The Bertz CT molecular complexity index is 881. The lowest BCUT2D eigenvalue weighted by molar-refractivity contribution is 0.194. The molecule has 0 aliphatic rings. The highest BCUT2D eigenvalue weighted by atomic mass is 19.1. The first-order valence-electron chi connectivity index (χ1n) is 7.29. The zero-order valence-electron chi connectivity index (χ0n) is 12.6. The van der Waals surface area contributed by atoms with Gasteiger partial charge in [-0.15, -0.1) is 6.58 Å². The average Bonchev–Trinajstić information content (AvgIpc) is 2.90. The zero-order valence-corrected chi connectivity index (χ0v) is 12.6. The van der Waals surface area contributed by atoms with Crippen molar-refractivity contribution in [3.05, 3.63) is 54.1 Å². The number of rotatable bonds is 5. The number of fused-ring (bicyclic) bond motifs is 3. The maximum Gasteiger partial charge on any atom is 0.208 e. The van der Waals surface area contributed by atoms with Crippen LogP contribution in [-0.4, -0.2) is 11.7 Å². The number of halogens is 2. The van der Waals surface area contributed by atoms with E-state index in [1.807, 2.05) is 0 Å². The highest BCUT2D eigenvalue weighted by Gasteiger charge is 2.20. The van der Waals surface area contributed by atoms with Crippen LogP contribution in [0, 0.1) is 11.6 Å². The fraction of sp³-hybridized carbons (Fsp3) is 0.222. The molecule has 1 heterocycles. The third kappa shape index (κ3) is 2.57. The molecule has 1 N–H and O–H groups in total. The van der Waals surface area contributed by atoms with Gasteiger partial charge in [0.1, 0.15) is 0 Å². The van der Waals surface area contributed by atoms with Crippen molar-refractivity contribution in [2.45, 2.75) is 19.4 Å². The summed E-state index contributed by atoms with van der Waals surface area (Å²) in [5, 5.41) is 10.5. The minimum atomic E-state index is -0.977. The monoisotopic (exact) mass is 318 g/mol. The molecule has 5 heteroatoms. The molecule has 3 nitrogen and oxygen atoms in total. The number of furan rings is 1. The molecule has 120 valence electrons. The van der Waals surface area contributed by atoms with E-state index < -0.39 is 17.7 Å². The van der Waals surface area contributed by atoms with Gasteiger partial charge in [0.2, 0.25) is 5.82 Å². The molecule has 0 bridgehead atoms. The minimum absolute atomic E-state index is 0.0505. The van der Waals surface area contributed by atoms with Crippen molar-refractivity contribution in [1.29, 1.82) is 0 Å². The molecule has 0 unspecified atom stereocenters. The summed E-state index contributed by atoms with van der Waals surface area (Å²) < 4.78 is 39.7. The lowest BCUT2D eigenvalue weighted by atomic mass is 10.1. The summed E-state index contributed by atoms with van der Waals surface area (Å²) >= 11 is 0. The van der Waals surface area contributed by atoms with E-state index in [2.05, 4.69) is 6.58 Å². The van der Waals surface area contributed by atoms with Crippen molar-refractivity contribution in [3.8, 4) is 5.75 Å². The first-order chi connectivity index (χ1) is 11.0. The highest BCUT2D eigenvalue weighted by Crippen LogP contribution is 2.37. The van der Waals surface area contributed by atoms with Gasteiger partial charge in [-0.2, -0.15) is 4.39 Å². The molecule has 3 rings (SSSR count). The predicted molar refractivity (Wildman–Crippen MR) is 84.6 cm³/mol. The molecular formula is C18H16F2O3. The number of ether oxygens (including phenoxy) is 1. The summed E-state index contributed by atoms with van der Waals surface area (Å²) in [5.41, 5.74) is -0.0160. The summed E-state index contributed by atoms with van der Waals surface area (Å²) in [6, 6.07) is 6.22. The van der Waals surface area contributed by atoms with Gasteiger partial charge in [0.05, 0.1) is 12.7 Å². The molecular weight excluding hydrogens is 302 g/mol. The standard InChI is InChI=1S/C18H16F2O3/c1-3-4-9-22-14-8-7-13-12-6-5-11(10(2)21)15(19)17(12)23-18(13)16(14)20/h3,5-8,10,21H,1,4,9H2,2H3/t10-/m1/s1. The third-order valence-corrected chi connectivity index (χ3v) is 3.71. The van der Waals surface area contributed by atoms with Gasteiger partial charge in [-0.25, -0.2) is 4.39 Å². The second-order valence-electron chi connectivity index (χ2n) is 5.30. The predicted octanol–water partition coefficient (Wildman–Crippen LogP) is 4.87. The van der Waals surface area contributed by atoms with E-state index in [4.69, 9.17) is 9.15 Å². The van der Waals surface area contributed by atoms with Crippen LogP contribution in [0.15, 0.2) is 41.3 Å². The summed E-state index contributed by atoms with van der Waals surface area (Å²) in [4.78, 5) is 0. The highest BCUT2D eigenvalue weighted by molar-refractivity contribution is 6.05. The molecule has 1 atom stereocenters. The summed E-state index contributed by atoms with van der Waals surface area (Å²) in [6.07, 6.45) is 1.28. The number of hydrogen-bond acceptors (Lipinski definition) is 3. The molecule has 0 aliphatic carbocycles. The molecule has 0 fully saturated rings. The lowest BCUT2D eigenvalue weighted by Gasteiger charge is -2.05. The second kappa shape index (κ2) is 6.01. The molecule has 23 heavy (non-hydrogen) atoms. The largest absolute Gasteiger partial charge is 0.490 e. The lowest BCUT2D eigenvalue weighted by Crippen LogP contribution is -1.97. The third-order valence-electron chi connectivity index (χ3n) is 3.71. The van der Waals surface area contributed by atoms with Crippen molar-refractivity contribution >= 4 is 21.9 Å². The van der Waals surface area contributed by atoms with E-state index in [0.29, 0.717) is 23.8 Å². The van der Waals surface area contributed by atoms with Crippen molar-refractivity contribution in [3.63, 3.8) is 0 Å². The number of benzene rings is 2. The van der Waals surface area contributed by atoms with E-state index in [0.717, 1.165) is 0 Å². The van der Waals surface area contributed by atoms with Crippen LogP contribution < -0.4 is 4.74 Å². The van der Waals surface area contributed by atoms with E-state index in [1.165, 1.54) is 19.1 Å². The van der Waals surface area contributed by atoms with E-state index in [-0.39, 0.29) is 22.5 Å². The SMILES string of the molecule is C=CCCOc1ccc2c(oc3c(F)c([C@@H](C)O)ccc32)c1F.